The number of pyridine rings is 1. The summed E-state index contributed by atoms with van der Waals surface area (Å²) in [5.41, 5.74) is 0.908. The lowest BCUT2D eigenvalue weighted by atomic mass is 10.0. The Labute approximate surface area is 133 Å². The number of nitrogens with one attached hydrogen (secondary N) is 1. The maximum atomic E-state index is 12.2. The molecule has 1 amide bonds. The van der Waals surface area contributed by atoms with E-state index in [0.29, 0.717) is 16.3 Å². The number of aromatic nitrogens is 1. The molecule has 116 valence electrons. The first kappa shape index (κ1) is 16.3. The summed E-state index contributed by atoms with van der Waals surface area (Å²) >= 11 is 5.82. The number of hydrogen-bond donors (Lipinski definition) is 2. The molecule has 1 aromatic heterocycles. The molecule has 0 bridgehead atoms. The second kappa shape index (κ2) is 7.24. The van der Waals surface area contributed by atoms with Crippen LogP contribution in [0, 0.1) is 0 Å². The maximum Gasteiger partial charge on any atom is 0.270 e. The third kappa shape index (κ3) is 3.96. The Morgan fingerprint density at radius 3 is 2.64 bits per heavy atom. The Kier molecular flexibility index (Phi) is 5.35. The van der Waals surface area contributed by atoms with Gasteiger partial charge in [-0.25, -0.2) is 0 Å². The van der Waals surface area contributed by atoms with E-state index in [1.165, 1.54) is 19.4 Å². The minimum absolute atomic E-state index is 0.231. The number of amides is 1. The normalized spacial score (nSPS) is 13.3. The van der Waals surface area contributed by atoms with E-state index in [4.69, 9.17) is 16.3 Å². The molecule has 0 saturated carbocycles. The van der Waals surface area contributed by atoms with Crippen molar-refractivity contribution in [3.05, 3.63) is 58.9 Å². The Morgan fingerprint density at radius 2 is 2.00 bits per heavy atom. The van der Waals surface area contributed by atoms with Crippen LogP contribution in [0.5, 0.6) is 5.75 Å². The molecule has 0 fully saturated rings. The van der Waals surface area contributed by atoms with Gasteiger partial charge >= 0.3 is 0 Å². The van der Waals surface area contributed by atoms with Crippen molar-refractivity contribution >= 4 is 17.5 Å². The molecular formula is C16H17ClN2O3. The third-order valence-electron chi connectivity index (χ3n) is 3.24. The van der Waals surface area contributed by atoms with Crippen molar-refractivity contribution in [2.45, 2.75) is 19.1 Å². The molecule has 0 saturated heterocycles. The lowest BCUT2D eigenvalue weighted by Crippen LogP contribution is -2.37. The first-order valence-corrected chi connectivity index (χ1v) is 7.13. The highest BCUT2D eigenvalue weighted by molar-refractivity contribution is 6.30. The van der Waals surface area contributed by atoms with Crippen LogP contribution in [0.3, 0.4) is 0 Å². The summed E-state index contributed by atoms with van der Waals surface area (Å²) in [5.74, 6) is 0.172. The SMILES string of the molecule is COc1ccnc(C(=O)NC(C)C(O)c2ccc(Cl)cc2)c1. The van der Waals surface area contributed by atoms with Gasteiger partial charge in [0.05, 0.1) is 19.3 Å². The highest BCUT2D eigenvalue weighted by Crippen LogP contribution is 2.19. The quantitative estimate of drug-likeness (QED) is 0.888. The molecule has 6 heteroatoms. The molecule has 5 nitrogen and oxygen atoms in total. The summed E-state index contributed by atoms with van der Waals surface area (Å²) in [6.07, 6.45) is 0.653. The molecule has 22 heavy (non-hydrogen) atoms. The number of aliphatic hydroxyl groups is 1. The summed E-state index contributed by atoms with van der Waals surface area (Å²) in [4.78, 5) is 16.1. The molecular weight excluding hydrogens is 304 g/mol. The molecule has 0 aliphatic heterocycles. The fourth-order valence-electron chi connectivity index (χ4n) is 1.97. The van der Waals surface area contributed by atoms with E-state index in [-0.39, 0.29) is 11.6 Å². The fraction of sp³-hybridized carbons (Fsp3) is 0.250. The average Bonchev–Trinajstić information content (AvgIpc) is 2.54. The molecule has 0 aliphatic rings. The molecule has 2 unspecified atom stereocenters. The van der Waals surface area contributed by atoms with E-state index in [1.54, 1.807) is 37.3 Å². The van der Waals surface area contributed by atoms with Crippen molar-refractivity contribution in [1.82, 2.24) is 10.3 Å². The van der Waals surface area contributed by atoms with E-state index < -0.39 is 12.1 Å². The first-order chi connectivity index (χ1) is 10.5. The fourth-order valence-corrected chi connectivity index (χ4v) is 2.10. The standard InChI is InChI=1S/C16H17ClN2O3/c1-10(15(20)11-3-5-12(17)6-4-11)19-16(21)14-9-13(22-2)7-8-18-14/h3-10,15,20H,1-2H3,(H,19,21). The molecule has 2 aromatic rings. The van der Waals surface area contributed by atoms with Gasteiger partial charge in [0.2, 0.25) is 0 Å². The van der Waals surface area contributed by atoms with Gasteiger partial charge in [-0.1, -0.05) is 23.7 Å². The van der Waals surface area contributed by atoms with Gasteiger partial charge in [-0.05, 0) is 30.7 Å². The second-order valence-corrected chi connectivity index (χ2v) is 5.28. The van der Waals surface area contributed by atoms with Crippen LogP contribution in [0.4, 0.5) is 0 Å². The summed E-state index contributed by atoms with van der Waals surface area (Å²) in [7, 11) is 1.52. The third-order valence-corrected chi connectivity index (χ3v) is 3.50. The van der Waals surface area contributed by atoms with E-state index in [2.05, 4.69) is 10.3 Å². The predicted octanol–water partition coefficient (Wildman–Crippen LogP) is 2.60. The smallest absolute Gasteiger partial charge is 0.270 e. The van der Waals surface area contributed by atoms with Gasteiger partial charge in [-0.2, -0.15) is 0 Å². The van der Waals surface area contributed by atoms with E-state index in [9.17, 15) is 9.90 Å². The zero-order valence-corrected chi connectivity index (χ0v) is 13.0. The van der Waals surface area contributed by atoms with Gasteiger partial charge in [0.1, 0.15) is 11.4 Å². The summed E-state index contributed by atoms with van der Waals surface area (Å²) in [6, 6.07) is 9.54. The molecule has 2 N–H and O–H groups in total. The molecule has 1 heterocycles. The minimum Gasteiger partial charge on any atom is -0.497 e. The van der Waals surface area contributed by atoms with E-state index in [1.807, 2.05) is 0 Å². The van der Waals surface area contributed by atoms with Crippen LogP contribution in [-0.2, 0) is 0 Å². The number of methoxy groups -OCH3 is 1. The lowest BCUT2D eigenvalue weighted by Gasteiger charge is -2.20. The predicted molar refractivity (Wildman–Crippen MR) is 84.1 cm³/mol. The van der Waals surface area contributed by atoms with Crippen LogP contribution in [0.2, 0.25) is 5.02 Å². The van der Waals surface area contributed by atoms with Gasteiger partial charge in [-0.3, -0.25) is 9.78 Å². The average molecular weight is 321 g/mol. The summed E-state index contributed by atoms with van der Waals surface area (Å²) in [5, 5.41) is 13.6. The van der Waals surface area contributed by atoms with Crippen molar-refractivity contribution in [3.8, 4) is 5.75 Å². The van der Waals surface area contributed by atoms with E-state index >= 15 is 0 Å². The number of carbonyl (C=O) groups is 1. The molecule has 0 radical (unpaired) electrons. The number of aliphatic hydroxyl groups excluding tert-OH is 1. The zero-order chi connectivity index (χ0) is 16.1. The van der Waals surface area contributed by atoms with Crippen LogP contribution in [0.15, 0.2) is 42.6 Å². The number of nitrogens with zero attached hydrogens (tertiary/aromatic N) is 1. The van der Waals surface area contributed by atoms with Crippen LogP contribution in [0.25, 0.3) is 0 Å². The highest BCUT2D eigenvalue weighted by Gasteiger charge is 2.20. The number of hydrogen-bond acceptors (Lipinski definition) is 4. The second-order valence-electron chi connectivity index (χ2n) is 4.84. The van der Waals surface area contributed by atoms with Crippen LogP contribution in [0.1, 0.15) is 29.1 Å². The Morgan fingerprint density at radius 1 is 1.32 bits per heavy atom. The largest absolute Gasteiger partial charge is 0.497 e. The topological polar surface area (TPSA) is 71.5 Å². The molecule has 0 aliphatic carbocycles. The Hall–Kier alpha value is -2.11. The van der Waals surface area contributed by atoms with Crippen molar-refractivity contribution in [1.29, 1.82) is 0 Å². The van der Waals surface area contributed by atoms with Crippen LogP contribution in [-0.4, -0.2) is 29.1 Å². The zero-order valence-electron chi connectivity index (χ0n) is 12.3. The summed E-state index contributed by atoms with van der Waals surface area (Å²) < 4.78 is 5.06. The van der Waals surface area contributed by atoms with Crippen molar-refractivity contribution in [2.75, 3.05) is 7.11 Å². The number of benzene rings is 1. The van der Waals surface area contributed by atoms with Gasteiger partial charge in [-0.15, -0.1) is 0 Å². The maximum absolute atomic E-state index is 12.2. The van der Waals surface area contributed by atoms with Gasteiger partial charge in [0, 0.05) is 17.3 Å². The number of ether oxygens (including phenoxy) is 1. The van der Waals surface area contributed by atoms with Crippen LogP contribution >= 0.6 is 11.6 Å². The van der Waals surface area contributed by atoms with Crippen molar-refractivity contribution in [3.63, 3.8) is 0 Å². The minimum atomic E-state index is -0.841. The molecule has 2 rings (SSSR count). The first-order valence-electron chi connectivity index (χ1n) is 6.75. The Balaban J connectivity index is 2.05. The Bertz CT molecular complexity index is 646. The number of halogens is 1. The monoisotopic (exact) mass is 320 g/mol. The molecule has 2 atom stereocenters. The molecule has 1 aromatic carbocycles. The van der Waals surface area contributed by atoms with E-state index in [0.717, 1.165) is 0 Å². The van der Waals surface area contributed by atoms with Crippen molar-refractivity contribution < 1.29 is 14.6 Å². The highest BCUT2D eigenvalue weighted by atomic mass is 35.5. The molecule has 0 spiro atoms. The van der Waals surface area contributed by atoms with Gasteiger partial charge in [0.25, 0.3) is 5.91 Å². The summed E-state index contributed by atoms with van der Waals surface area (Å²) in [6.45, 7) is 1.72. The van der Waals surface area contributed by atoms with Gasteiger partial charge < -0.3 is 15.2 Å². The lowest BCUT2D eigenvalue weighted by molar-refractivity contribution is 0.0847. The van der Waals surface area contributed by atoms with Crippen LogP contribution < -0.4 is 10.1 Å². The van der Waals surface area contributed by atoms with Gasteiger partial charge in [0.15, 0.2) is 0 Å². The van der Waals surface area contributed by atoms with Crippen molar-refractivity contribution in [2.24, 2.45) is 0 Å². The number of carbonyl (C=O) groups excluding carboxylic acids is 1. The number of rotatable bonds is 5.